The molecule has 0 aliphatic rings. The quantitative estimate of drug-likeness (QED) is 0.628. The Morgan fingerprint density at radius 3 is 2.67 bits per heavy atom. The lowest BCUT2D eigenvalue weighted by Crippen LogP contribution is -2.11. The predicted octanol–water partition coefficient (Wildman–Crippen LogP) is 4.69. The van der Waals surface area contributed by atoms with E-state index in [4.69, 9.17) is 4.74 Å². The van der Waals surface area contributed by atoms with Crippen molar-refractivity contribution in [1.82, 2.24) is 4.98 Å². The first kappa shape index (κ1) is 14.2. The van der Waals surface area contributed by atoms with Gasteiger partial charge in [0.25, 0.3) is 0 Å². The number of ketones is 1. The molecule has 0 radical (unpaired) electrons. The van der Waals surface area contributed by atoms with Crippen LogP contribution in [0.3, 0.4) is 0 Å². The van der Waals surface area contributed by atoms with E-state index in [0.29, 0.717) is 11.3 Å². The zero-order valence-electron chi connectivity index (χ0n) is 8.82. The van der Waals surface area contributed by atoms with E-state index in [1.807, 2.05) is 0 Å². The van der Waals surface area contributed by atoms with Crippen LogP contribution in [0.5, 0.6) is 5.75 Å². The van der Waals surface area contributed by atoms with Crippen LogP contribution >= 0.6 is 59.1 Å². The van der Waals surface area contributed by atoms with Crippen LogP contribution in [0, 0.1) is 0 Å². The van der Waals surface area contributed by atoms with Crippen LogP contribution in [-0.2, 0) is 0 Å². The Kier molecular flexibility index (Phi) is 4.94. The Morgan fingerprint density at radius 1 is 1.28 bits per heavy atom. The SMILES string of the molecule is O=C(COc1cncc(Br)c1)c1cc(Br)sc1Br. The van der Waals surface area contributed by atoms with Crippen LogP contribution in [0.25, 0.3) is 0 Å². The van der Waals surface area contributed by atoms with Gasteiger partial charge in [0.2, 0.25) is 5.78 Å². The Hall–Kier alpha value is -0.240. The number of hydrogen-bond donors (Lipinski definition) is 0. The van der Waals surface area contributed by atoms with Gasteiger partial charge < -0.3 is 4.74 Å². The molecule has 0 aliphatic heterocycles. The van der Waals surface area contributed by atoms with Crippen LogP contribution in [0.1, 0.15) is 10.4 Å². The summed E-state index contributed by atoms with van der Waals surface area (Å²) < 4.78 is 7.91. The second kappa shape index (κ2) is 6.27. The summed E-state index contributed by atoms with van der Waals surface area (Å²) in [6, 6.07) is 3.54. The minimum Gasteiger partial charge on any atom is -0.484 e. The molecule has 94 valence electrons. The van der Waals surface area contributed by atoms with Gasteiger partial charge in [-0.3, -0.25) is 9.78 Å². The van der Waals surface area contributed by atoms with Crippen molar-refractivity contribution in [2.24, 2.45) is 0 Å². The highest BCUT2D eigenvalue weighted by Gasteiger charge is 2.14. The minimum absolute atomic E-state index is 0.0140. The Bertz CT molecular complexity index is 585. The van der Waals surface area contributed by atoms with Gasteiger partial charge in [-0.25, -0.2) is 0 Å². The number of aromatic nitrogens is 1. The summed E-state index contributed by atoms with van der Waals surface area (Å²) in [7, 11) is 0. The molecule has 0 atom stereocenters. The lowest BCUT2D eigenvalue weighted by atomic mass is 10.2. The van der Waals surface area contributed by atoms with E-state index in [0.717, 1.165) is 12.0 Å². The summed E-state index contributed by atoms with van der Waals surface area (Å²) in [4.78, 5) is 15.9. The van der Waals surface area contributed by atoms with Crippen molar-refractivity contribution >= 4 is 64.9 Å². The maximum absolute atomic E-state index is 11.9. The Balaban J connectivity index is 2.03. The van der Waals surface area contributed by atoms with Crippen LogP contribution in [0.2, 0.25) is 0 Å². The molecule has 3 nitrogen and oxygen atoms in total. The van der Waals surface area contributed by atoms with Gasteiger partial charge in [-0.1, -0.05) is 0 Å². The monoisotopic (exact) mass is 453 g/mol. The zero-order valence-corrected chi connectivity index (χ0v) is 14.4. The van der Waals surface area contributed by atoms with Gasteiger partial charge in [-0.15, -0.1) is 11.3 Å². The molecule has 0 spiro atoms. The maximum Gasteiger partial charge on any atom is 0.202 e. The van der Waals surface area contributed by atoms with Crippen molar-refractivity contribution in [2.75, 3.05) is 6.61 Å². The Morgan fingerprint density at radius 2 is 2.06 bits per heavy atom. The summed E-state index contributed by atoms with van der Waals surface area (Å²) >= 11 is 11.4. The molecular formula is C11H6Br3NO2S. The van der Waals surface area contributed by atoms with Crippen molar-refractivity contribution in [3.05, 3.63) is 42.1 Å². The molecule has 7 heteroatoms. The number of pyridine rings is 1. The molecule has 2 aromatic heterocycles. The lowest BCUT2D eigenvalue weighted by Gasteiger charge is -2.04. The molecule has 0 amide bonds. The van der Waals surface area contributed by atoms with Crippen molar-refractivity contribution in [2.45, 2.75) is 0 Å². The second-order valence-corrected chi connectivity index (χ2v) is 7.95. The van der Waals surface area contributed by atoms with Crippen LogP contribution < -0.4 is 4.74 Å². The van der Waals surface area contributed by atoms with Gasteiger partial charge in [-0.2, -0.15) is 0 Å². The molecule has 0 saturated heterocycles. The molecular weight excluding hydrogens is 450 g/mol. The van der Waals surface area contributed by atoms with E-state index in [1.54, 1.807) is 24.5 Å². The topological polar surface area (TPSA) is 39.2 Å². The van der Waals surface area contributed by atoms with Gasteiger partial charge in [0, 0.05) is 16.2 Å². The molecule has 2 rings (SSSR count). The molecule has 0 N–H and O–H groups in total. The van der Waals surface area contributed by atoms with Gasteiger partial charge in [-0.05, 0) is 59.9 Å². The third-order valence-corrected chi connectivity index (χ3v) is 4.78. The summed E-state index contributed by atoms with van der Waals surface area (Å²) in [6.45, 7) is -0.0140. The molecule has 0 unspecified atom stereocenters. The van der Waals surface area contributed by atoms with E-state index in [2.05, 4.69) is 52.8 Å². The second-order valence-electron chi connectivity index (χ2n) is 3.29. The van der Waals surface area contributed by atoms with Crippen LogP contribution in [0.4, 0.5) is 0 Å². The fraction of sp³-hybridized carbons (Fsp3) is 0.0909. The number of thiophene rings is 1. The normalized spacial score (nSPS) is 10.4. The molecule has 2 heterocycles. The van der Waals surface area contributed by atoms with E-state index in [9.17, 15) is 4.79 Å². The van der Waals surface area contributed by atoms with Crippen molar-refractivity contribution in [1.29, 1.82) is 0 Å². The number of carbonyl (C=O) groups is 1. The molecule has 18 heavy (non-hydrogen) atoms. The first-order chi connectivity index (χ1) is 8.56. The van der Waals surface area contributed by atoms with Crippen molar-refractivity contribution in [3.8, 4) is 5.75 Å². The first-order valence-corrected chi connectivity index (χ1v) is 7.97. The van der Waals surface area contributed by atoms with Gasteiger partial charge >= 0.3 is 0 Å². The van der Waals surface area contributed by atoms with Gasteiger partial charge in [0.05, 0.1) is 13.8 Å². The standard InChI is InChI=1S/C11H6Br3NO2S/c12-6-1-7(4-15-3-6)17-5-9(16)8-2-10(13)18-11(8)14/h1-4H,5H2. The third-order valence-electron chi connectivity index (χ3n) is 2.01. The predicted molar refractivity (Wildman–Crippen MR) is 81.5 cm³/mol. The molecule has 2 aromatic rings. The van der Waals surface area contributed by atoms with Gasteiger partial charge in [0.1, 0.15) is 5.75 Å². The Labute approximate surface area is 133 Å². The fourth-order valence-electron chi connectivity index (χ4n) is 1.23. The lowest BCUT2D eigenvalue weighted by molar-refractivity contribution is 0.0921. The fourth-order valence-corrected chi connectivity index (χ4v) is 4.43. The average Bonchev–Trinajstić information content (AvgIpc) is 2.66. The summed E-state index contributed by atoms with van der Waals surface area (Å²) in [6.07, 6.45) is 3.22. The number of ether oxygens (including phenoxy) is 1. The van der Waals surface area contributed by atoms with Crippen molar-refractivity contribution in [3.63, 3.8) is 0 Å². The van der Waals surface area contributed by atoms with Crippen molar-refractivity contribution < 1.29 is 9.53 Å². The number of carbonyl (C=O) groups excluding carboxylic acids is 1. The molecule has 0 aliphatic carbocycles. The molecule has 0 bridgehead atoms. The number of nitrogens with zero attached hydrogens (tertiary/aromatic N) is 1. The first-order valence-electron chi connectivity index (χ1n) is 4.77. The number of rotatable bonds is 4. The van der Waals surface area contributed by atoms with E-state index in [-0.39, 0.29) is 12.4 Å². The van der Waals surface area contributed by atoms with E-state index >= 15 is 0 Å². The highest BCUT2D eigenvalue weighted by molar-refractivity contribution is 9.12. The minimum atomic E-state index is -0.0798. The summed E-state index contributed by atoms with van der Waals surface area (Å²) in [5, 5.41) is 0. The molecule has 0 fully saturated rings. The highest BCUT2D eigenvalue weighted by atomic mass is 79.9. The maximum atomic E-state index is 11.9. The summed E-state index contributed by atoms with van der Waals surface area (Å²) in [5.41, 5.74) is 0.620. The van der Waals surface area contributed by atoms with Crippen LogP contribution in [-0.4, -0.2) is 17.4 Å². The third kappa shape index (κ3) is 3.63. The van der Waals surface area contributed by atoms with Gasteiger partial charge in [0.15, 0.2) is 6.61 Å². The summed E-state index contributed by atoms with van der Waals surface area (Å²) in [5.74, 6) is 0.479. The number of hydrogen-bond acceptors (Lipinski definition) is 4. The highest BCUT2D eigenvalue weighted by Crippen LogP contribution is 2.32. The smallest absolute Gasteiger partial charge is 0.202 e. The van der Waals surface area contributed by atoms with Crippen LogP contribution in [0.15, 0.2) is 36.6 Å². The molecule has 0 aromatic carbocycles. The molecule has 0 saturated carbocycles. The average molecular weight is 456 g/mol. The zero-order chi connectivity index (χ0) is 13.1. The number of Topliss-reactive ketones (excluding diaryl/α,β-unsaturated/α-hetero) is 1. The van der Waals surface area contributed by atoms with E-state index in [1.165, 1.54) is 11.3 Å². The largest absolute Gasteiger partial charge is 0.484 e. The number of halogens is 3. The van der Waals surface area contributed by atoms with E-state index < -0.39 is 0 Å².